The molecule has 5 nitrogen and oxygen atoms in total. The standard InChI is InChI=1S/C15H21N3O2S2/c1-3-5-7-11(4-2)10-20-15(19)16-14-18-17-13(22-14)12-8-6-9-21-12/h6,8-9,11H,3-5,7,10H2,1-2H3,(H,16,18,19). The Bertz CT molecular complexity index is 569. The Morgan fingerprint density at radius 1 is 1.41 bits per heavy atom. The maximum Gasteiger partial charge on any atom is 0.413 e. The number of nitrogens with one attached hydrogen (secondary N) is 1. The zero-order chi connectivity index (χ0) is 15.8. The van der Waals surface area contributed by atoms with Gasteiger partial charge in [-0.15, -0.1) is 21.5 Å². The van der Waals surface area contributed by atoms with Gasteiger partial charge in [-0.2, -0.15) is 0 Å². The fraction of sp³-hybridized carbons (Fsp3) is 0.533. The molecule has 0 radical (unpaired) electrons. The van der Waals surface area contributed by atoms with Crippen molar-refractivity contribution in [1.29, 1.82) is 0 Å². The molecular weight excluding hydrogens is 318 g/mol. The summed E-state index contributed by atoms with van der Waals surface area (Å²) in [4.78, 5) is 12.9. The van der Waals surface area contributed by atoms with Crippen molar-refractivity contribution < 1.29 is 9.53 Å². The highest BCUT2D eigenvalue weighted by atomic mass is 32.1. The number of hydrogen-bond acceptors (Lipinski definition) is 6. The van der Waals surface area contributed by atoms with Crippen LogP contribution in [0.1, 0.15) is 39.5 Å². The first kappa shape index (κ1) is 16.9. The maximum atomic E-state index is 11.8. The van der Waals surface area contributed by atoms with E-state index >= 15 is 0 Å². The highest BCUT2D eigenvalue weighted by molar-refractivity contribution is 7.23. The summed E-state index contributed by atoms with van der Waals surface area (Å²) < 4.78 is 5.29. The van der Waals surface area contributed by atoms with Crippen LogP contribution in [0, 0.1) is 5.92 Å². The Hall–Kier alpha value is -1.47. The summed E-state index contributed by atoms with van der Waals surface area (Å²) >= 11 is 2.95. The van der Waals surface area contributed by atoms with Crippen molar-refractivity contribution in [1.82, 2.24) is 10.2 Å². The monoisotopic (exact) mass is 339 g/mol. The number of amides is 1. The van der Waals surface area contributed by atoms with Crippen molar-refractivity contribution in [2.24, 2.45) is 5.92 Å². The average molecular weight is 339 g/mol. The Kier molecular flexibility index (Phi) is 6.79. The molecule has 2 aromatic rings. The van der Waals surface area contributed by atoms with E-state index in [0.717, 1.165) is 22.7 Å². The van der Waals surface area contributed by atoms with Crippen LogP contribution in [0.25, 0.3) is 9.88 Å². The molecule has 0 spiro atoms. The lowest BCUT2D eigenvalue weighted by Crippen LogP contribution is -2.18. The summed E-state index contributed by atoms with van der Waals surface area (Å²) in [6.45, 7) is 4.75. The molecule has 22 heavy (non-hydrogen) atoms. The van der Waals surface area contributed by atoms with E-state index in [0.29, 0.717) is 17.7 Å². The minimum Gasteiger partial charge on any atom is -0.449 e. The van der Waals surface area contributed by atoms with Crippen molar-refractivity contribution in [2.45, 2.75) is 39.5 Å². The first-order chi connectivity index (χ1) is 10.7. The van der Waals surface area contributed by atoms with E-state index in [1.54, 1.807) is 11.3 Å². The van der Waals surface area contributed by atoms with Crippen molar-refractivity contribution >= 4 is 33.9 Å². The van der Waals surface area contributed by atoms with Gasteiger partial charge in [0.2, 0.25) is 5.13 Å². The van der Waals surface area contributed by atoms with Gasteiger partial charge in [0.05, 0.1) is 11.5 Å². The predicted octanol–water partition coefficient (Wildman–Crippen LogP) is 5.03. The molecule has 2 rings (SSSR count). The average Bonchev–Trinajstić information content (AvgIpc) is 3.18. The minimum atomic E-state index is -0.455. The second-order valence-electron chi connectivity index (χ2n) is 5.03. The molecule has 1 unspecified atom stereocenters. The van der Waals surface area contributed by atoms with Gasteiger partial charge >= 0.3 is 6.09 Å². The van der Waals surface area contributed by atoms with Crippen LogP contribution >= 0.6 is 22.7 Å². The molecule has 0 saturated carbocycles. The Labute approximate surface area is 138 Å². The molecule has 1 N–H and O–H groups in total. The Balaban J connectivity index is 1.79. The molecule has 1 atom stereocenters. The molecule has 1 amide bonds. The third-order valence-electron chi connectivity index (χ3n) is 3.36. The largest absolute Gasteiger partial charge is 0.449 e. The predicted molar refractivity (Wildman–Crippen MR) is 91.5 cm³/mol. The fourth-order valence-electron chi connectivity index (χ4n) is 1.99. The quantitative estimate of drug-likeness (QED) is 0.732. The topological polar surface area (TPSA) is 64.1 Å². The van der Waals surface area contributed by atoms with Gasteiger partial charge < -0.3 is 4.74 Å². The van der Waals surface area contributed by atoms with Crippen molar-refractivity contribution in [3.05, 3.63) is 17.5 Å². The number of carbonyl (C=O) groups excluding carboxylic acids is 1. The summed E-state index contributed by atoms with van der Waals surface area (Å²) in [5, 5.41) is 14.0. The van der Waals surface area contributed by atoms with Crippen LogP contribution in [-0.2, 0) is 4.74 Å². The van der Waals surface area contributed by atoms with Crippen molar-refractivity contribution in [3.63, 3.8) is 0 Å². The maximum absolute atomic E-state index is 11.8. The van der Waals surface area contributed by atoms with Gasteiger partial charge in [0.1, 0.15) is 0 Å². The second-order valence-corrected chi connectivity index (χ2v) is 6.95. The fourth-order valence-corrected chi connectivity index (χ4v) is 3.51. The number of unbranched alkanes of at least 4 members (excludes halogenated alkanes) is 1. The number of ether oxygens (including phenoxy) is 1. The van der Waals surface area contributed by atoms with E-state index in [9.17, 15) is 4.79 Å². The molecule has 2 heterocycles. The van der Waals surface area contributed by atoms with Gasteiger partial charge in [-0.05, 0) is 23.8 Å². The van der Waals surface area contributed by atoms with Gasteiger partial charge in [0, 0.05) is 0 Å². The molecule has 0 aliphatic carbocycles. The van der Waals surface area contributed by atoms with E-state index < -0.39 is 6.09 Å². The van der Waals surface area contributed by atoms with E-state index in [2.05, 4.69) is 29.4 Å². The number of hydrogen-bond donors (Lipinski definition) is 1. The Morgan fingerprint density at radius 2 is 2.27 bits per heavy atom. The first-order valence-electron chi connectivity index (χ1n) is 7.54. The highest BCUT2D eigenvalue weighted by Gasteiger charge is 2.13. The van der Waals surface area contributed by atoms with Crippen molar-refractivity contribution in [2.75, 3.05) is 11.9 Å². The number of anilines is 1. The molecule has 2 aromatic heterocycles. The number of thiophene rings is 1. The zero-order valence-electron chi connectivity index (χ0n) is 12.9. The summed E-state index contributed by atoms with van der Waals surface area (Å²) in [5.74, 6) is 0.432. The highest BCUT2D eigenvalue weighted by Crippen LogP contribution is 2.29. The summed E-state index contributed by atoms with van der Waals surface area (Å²) in [5.41, 5.74) is 0. The van der Waals surface area contributed by atoms with Crippen molar-refractivity contribution in [3.8, 4) is 9.88 Å². The van der Waals surface area contributed by atoms with Crippen LogP contribution < -0.4 is 5.32 Å². The van der Waals surface area contributed by atoms with E-state index in [1.165, 1.54) is 24.2 Å². The molecule has 0 fully saturated rings. The minimum absolute atomic E-state index is 0.432. The van der Waals surface area contributed by atoms with Crippen LogP contribution in [0.15, 0.2) is 17.5 Å². The second kappa shape index (κ2) is 8.85. The molecule has 0 aliphatic rings. The third-order valence-corrected chi connectivity index (χ3v) is 5.24. The van der Waals surface area contributed by atoms with E-state index in [1.807, 2.05) is 17.5 Å². The van der Waals surface area contributed by atoms with Gasteiger partial charge in [0.15, 0.2) is 5.01 Å². The van der Waals surface area contributed by atoms with Gasteiger partial charge in [0.25, 0.3) is 0 Å². The smallest absolute Gasteiger partial charge is 0.413 e. The van der Waals surface area contributed by atoms with Crippen LogP contribution in [0.3, 0.4) is 0 Å². The molecule has 7 heteroatoms. The van der Waals surface area contributed by atoms with Crippen LogP contribution in [-0.4, -0.2) is 22.9 Å². The number of nitrogens with zero attached hydrogens (tertiary/aromatic N) is 2. The SMILES string of the molecule is CCCCC(CC)COC(=O)Nc1nnc(-c2cccs2)s1. The van der Waals surface area contributed by atoms with E-state index in [4.69, 9.17) is 4.74 Å². The number of rotatable bonds is 8. The first-order valence-corrected chi connectivity index (χ1v) is 9.23. The molecule has 0 aromatic carbocycles. The van der Waals surface area contributed by atoms with E-state index in [-0.39, 0.29) is 0 Å². The van der Waals surface area contributed by atoms with Gasteiger partial charge in [-0.3, -0.25) is 5.32 Å². The molecule has 0 saturated heterocycles. The molecular formula is C15H21N3O2S2. The van der Waals surface area contributed by atoms with Crippen LogP contribution in [0.4, 0.5) is 9.93 Å². The van der Waals surface area contributed by atoms with Gasteiger partial charge in [-0.25, -0.2) is 4.79 Å². The third kappa shape index (κ3) is 5.06. The summed E-state index contributed by atoms with van der Waals surface area (Å²) in [6, 6.07) is 3.94. The zero-order valence-corrected chi connectivity index (χ0v) is 14.5. The molecule has 0 bridgehead atoms. The van der Waals surface area contributed by atoms with Crippen LogP contribution in [0.2, 0.25) is 0 Å². The lowest BCUT2D eigenvalue weighted by atomic mass is 10.0. The summed E-state index contributed by atoms with van der Waals surface area (Å²) in [7, 11) is 0. The molecule has 120 valence electrons. The summed E-state index contributed by atoms with van der Waals surface area (Å²) in [6.07, 6.45) is 4.00. The lowest BCUT2D eigenvalue weighted by Gasteiger charge is -2.14. The molecule has 0 aliphatic heterocycles. The number of aromatic nitrogens is 2. The number of carbonyl (C=O) groups is 1. The van der Waals surface area contributed by atoms with Gasteiger partial charge in [-0.1, -0.05) is 50.5 Å². The lowest BCUT2D eigenvalue weighted by molar-refractivity contribution is 0.136. The Morgan fingerprint density at radius 3 is 2.95 bits per heavy atom. The normalized spacial score (nSPS) is 12.1. The van der Waals surface area contributed by atoms with Crippen LogP contribution in [0.5, 0.6) is 0 Å².